The number of fused-ring (bicyclic) bond motifs is 1. The molecule has 116 valence electrons. The van der Waals surface area contributed by atoms with Crippen LogP contribution in [0.4, 0.5) is 0 Å². The van der Waals surface area contributed by atoms with Crippen molar-refractivity contribution >= 4 is 11.0 Å². The van der Waals surface area contributed by atoms with E-state index in [0.29, 0.717) is 22.3 Å². The summed E-state index contributed by atoms with van der Waals surface area (Å²) in [5.74, 6) is 0.649. The summed E-state index contributed by atoms with van der Waals surface area (Å²) in [5.41, 5.74) is 2.79. The van der Waals surface area contributed by atoms with E-state index < -0.39 is 0 Å². The molecule has 4 aromatic rings. The van der Waals surface area contributed by atoms with Gasteiger partial charge in [-0.1, -0.05) is 48.5 Å². The average molecular weight is 315 g/mol. The molecule has 0 aliphatic heterocycles. The van der Waals surface area contributed by atoms with Crippen LogP contribution in [-0.2, 0) is 0 Å². The van der Waals surface area contributed by atoms with E-state index in [0.717, 1.165) is 11.1 Å². The Morgan fingerprint density at radius 3 is 1.92 bits per heavy atom. The highest BCUT2D eigenvalue weighted by Crippen LogP contribution is 2.42. The maximum Gasteiger partial charge on any atom is 0.376 e. The van der Waals surface area contributed by atoms with Crippen molar-refractivity contribution < 1.29 is 14.6 Å². The summed E-state index contributed by atoms with van der Waals surface area (Å²) in [4.78, 5) is 0. The van der Waals surface area contributed by atoms with Crippen molar-refractivity contribution in [2.45, 2.75) is 0 Å². The minimum atomic E-state index is -0.0137. The van der Waals surface area contributed by atoms with Gasteiger partial charge in [0.1, 0.15) is 22.4 Å². The number of phenols is 2. The highest BCUT2D eigenvalue weighted by molar-refractivity contribution is 5.99. The molecule has 0 aliphatic carbocycles. The smallest absolute Gasteiger partial charge is 0.376 e. The number of benzene rings is 3. The molecule has 0 radical (unpaired) electrons. The molecule has 3 nitrogen and oxygen atoms in total. The number of hydrogen-bond acceptors (Lipinski definition) is 2. The molecule has 24 heavy (non-hydrogen) atoms. The molecule has 0 saturated heterocycles. The van der Waals surface area contributed by atoms with Crippen LogP contribution in [0.15, 0.2) is 83.3 Å². The summed E-state index contributed by atoms with van der Waals surface area (Å²) >= 11 is 0. The summed E-state index contributed by atoms with van der Waals surface area (Å²) in [6.07, 6.45) is 0. The summed E-state index contributed by atoms with van der Waals surface area (Å²) in [5, 5.41) is 21.1. The lowest BCUT2D eigenvalue weighted by Gasteiger charge is -2.05. The van der Waals surface area contributed by atoms with Crippen molar-refractivity contribution in [3.05, 3.63) is 78.9 Å². The van der Waals surface area contributed by atoms with E-state index in [-0.39, 0.29) is 11.5 Å². The second-order valence-electron chi connectivity index (χ2n) is 5.56. The summed E-state index contributed by atoms with van der Waals surface area (Å²) in [6, 6.07) is 24.2. The zero-order valence-corrected chi connectivity index (χ0v) is 12.8. The SMILES string of the molecule is Oc1cc(O)c2ccc(-c3ccccc3)[o+]c2c1-c1ccccc1. The fourth-order valence-electron chi connectivity index (χ4n) is 2.86. The van der Waals surface area contributed by atoms with E-state index in [1.165, 1.54) is 6.07 Å². The first-order valence-electron chi connectivity index (χ1n) is 7.66. The van der Waals surface area contributed by atoms with Gasteiger partial charge in [0.25, 0.3) is 0 Å². The van der Waals surface area contributed by atoms with Crippen LogP contribution >= 0.6 is 0 Å². The molecule has 1 aromatic heterocycles. The van der Waals surface area contributed by atoms with Crippen LogP contribution in [0.25, 0.3) is 33.4 Å². The van der Waals surface area contributed by atoms with Crippen LogP contribution in [0.2, 0.25) is 0 Å². The topological polar surface area (TPSA) is 51.8 Å². The largest absolute Gasteiger partial charge is 0.507 e. The fraction of sp³-hybridized carbons (Fsp3) is 0. The second kappa shape index (κ2) is 5.70. The normalized spacial score (nSPS) is 10.8. The Morgan fingerprint density at radius 2 is 1.25 bits per heavy atom. The van der Waals surface area contributed by atoms with Gasteiger partial charge in [-0.25, -0.2) is 4.42 Å². The van der Waals surface area contributed by atoms with Gasteiger partial charge in [-0.15, -0.1) is 0 Å². The molecular formula is C21H15O3+. The first-order chi connectivity index (χ1) is 11.7. The molecule has 4 rings (SSSR count). The third-order valence-corrected chi connectivity index (χ3v) is 4.01. The Morgan fingerprint density at radius 1 is 0.625 bits per heavy atom. The van der Waals surface area contributed by atoms with Crippen LogP contribution in [-0.4, -0.2) is 10.2 Å². The highest BCUT2D eigenvalue weighted by atomic mass is 16.3. The Bertz CT molecular complexity index is 1010. The predicted molar refractivity (Wildman–Crippen MR) is 94.8 cm³/mol. The van der Waals surface area contributed by atoms with Gasteiger partial charge in [0.2, 0.25) is 0 Å². The Hall–Kier alpha value is -3.33. The molecule has 0 atom stereocenters. The van der Waals surface area contributed by atoms with Gasteiger partial charge >= 0.3 is 11.3 Å². The lowest BCUT2D eigenvalue weighted by molar-refractivity contribution is 0.454. The average Bonchev–Trinajstić information content (AvgIpc) is 2.63. The molecule has 0 fully saturated rings. The number of hydrogen-bond donors (Lipinski definition) is 2. The maximum atomic E-state index is 10.4. The molecule has 0 unspecified atom stereocenters. The molecule has 3 heteroatoms. The minimum absolute atomic E-state index is 0.00876. The molecule has 0 aliphatic rings. The van der Waals surface area contributed by atoms with Crippen molar-refractivity contribution in [3.8, 4) is 33.9 Å². The number of phenolic OH excluding ortho intramolecular Hbond substituents is 2. The summed E-state index contributed by atoms with van der Waals surface area (Å²) in [7, 11) is 0. The molecule has 0 amide bonds. The number of aromatic hydroxyl groups is 2. The molecule has 0 spiro atoms. The highest BCUT2D eigenvalue weighted by Gasteiger charge is 2.24. The quantitative estimate of drug-likeness (QED) is 0.483. The molecule has 0 saturated carbocycles. The van der Waals surface area contributed by atoms with Gasteiger partial charge < -0.3 is 10.2 Å². The predicted octanol–water partition coefficient (Wildman–Crippen LogP) is 5.46. The zero-order valence-electron chi connectivity index (χ0n) is 12.8. The molecular weight excluding hydrogens is 300 g/mol. The van der Waals surface area contributed by atoms with E-state index in [9.17, 15) is 10.2 Å². The van der Waals surface area contributed by atoms with Crippen molar-refractivity contribution in [1.29, 1.82) is 0 Å². The second-order valence-corrected chi connectivity index (χ2v) is 5.56. The monoisotopic (exact) mass is 315 g/mol. The van der Waals surface area contributed by atoms with Crippen molar-refractivity contribution in [1.82, 2.24) is 0 Å². The van der Waals surface area contributed by atoms with Gasteiger partial charge in [-0.05, 0) is 23.8 Å². The first-order valence-corrected chi connectivity index (χ1v) is 7.66. The van der Waals surface area contributed by atoms with Crippen LogP contribution in [0.1, 0.15) is 0 Å². The van der Waals surface area contributed by atoms with Crippen molar-refractivity contribution in [2.24, 2.45) is 0 Å². The standard InChI is InChI=1S/C21H14O3/c22-17-13-18(23)20(15-9-5-2-6-10-15)21-16(17)11-12-19(24-21)14-7-3-1-4-8-14/h1-13H,(H-,22,23)/p+1. The maximum absolute atomic E-state index is 10.4. The van der Waals surface area contributed by atoms with Crippen LogP contribution in [0, 0.1) is 0 Å². The Balaban J connectivity index is 2.04. The summed E-state index contributed by atoms with van der Waals surface area (Å²) < 4.78 is 6.08. The first kappa shape index (κ1) is 14.3. The molecule has 1 heterocycles. The van der Waals surface area contributed by atoms with Crippen molar-refractivity contribution in [3.63, 3.8) is 0 Å². The van der Waals surface area contributed by atoms with Gasteiger partial charge in [-0.2, -0.15) is 0 Å². The summed E-state index contributed by atoms with van der Waals surface area (Å²) in [6.45, 7) is 0. The van der Waals surface area contributed by atoms with Gasteiger partial charge in [0, 0.05) is 12.1 Å². The Kier molecular flexibility index (Phi) is 3.39. The lowest BCUT2D eigenvalue weighted by Crippen LogP contribution is -1.86. The van der Waals surface area contributed by atoms with Gasteiger partial charge in [-0.3, -0.25) is 0 Å². The molecule has 3 aromatic carbocycles. The zero-order chi connectivity index (χ0) is 16.5. The van der Waals surface area contributed by atoms with Gasteiger partial charge in [0.15, 0.2) is 0 Å². The van der Waals surface area contributed by atoms with Crippen molar-refractivity contribution in [2.75, 3.05) is 0 Å². The molecule has 0 bridgehead atoms. The third kappa shape index (κ3) is 2.36. The number of rotatable bonds is 2. The van der Waals surface area contributed by atoms with E-state index in [1.807, 2.05) is 72.8 Å². The fourth-order valence-corrected chi connectivity index (χ4v) is 2.86. The van der Waals surface area contributed by atoms with E-state index in [4.69, 9.17) is 4.42 Å². The lowest BCUT2D eigenvalue weighted by atomic mass is 10.0. The Labute approximate surface area is 139 Å². The van der Waals surface area contributed by atoms with E-state index in [2.05, 4.69) is 0 Å². The molecule has 2 N–H and O–H groups in total. The van der Waals surface area contributed by atoms with Crippen LogP contribution in [0.3, 0.4) is 0 Å². The van der Waals surface area contributed by atoms with Crippen LogP contribution < -0.4 is 0 Å². The van der Waals surface area contributed by atoms with Gasteiger partial charge in [0.05, 0.1) is 5.56 Å². The third-order valence-electron chi connectivity index (χ3n) is 4.01. The van der Waals surface area contributed by atoms with E-state index >= 15 is 0 Å². The minimum Gasteiger partial charge on any atom is -0.507 e. The van der Waals surface area contributed by atoms with E-state index in [1.54, 1.807) is 0 Å². The van der Waals surface area contributed by atoms with Crippen LogP contribution in [0.5, 0.6) is 11.5 Å².